The molecule has 0 saturated carbocycles. The molecule has 0 aromatic heterocycles. The first-order chi connectivity index (χ1) is 10.7. The minimum Gasteiger partial charge on any atom is -0.467 e. The molecule has 0 fully saturated rings. The van der Waals surface area contributed by atoms with E-state index < -0.39 is 12.0 Å². The van der Waals surface area contributed by atoms with Crippen molar-refractivity contribution in [2.24, 2.45) is 5.73 Å². The Hall–Kier alpha value is -1.88. The van der Waals surface area contributed by atoms with Crippen molar-refractivity contribution in [2.45, 2.75) is 44.6 Å². The molecule has 5 nitrogen and oxygen atoms in total. The largest absolute Gasteiger partial charge is 0.467 e. The molecule has 0 bridgehead atoms. The molecular weight excluding hydrogens is 280 g/mol. The Bertz CT molecular complexity index is 448. The number of nitrogens with two attached hydrogens (primary N) is 1. The Kier molecular flexibility index (Phi) is 8.91. The van der Waals surface area contributed by atoms with Gasteiger partial charge in [-0.15, -0.1) is 0 Å². The van der Waals surface area contributed by atoms with Crippen LogP contribution in [0.3, 0.4) is 0 Å². The fourth-order valence-electron chi connectivity index (χ4n) is 2.25. The zero-order chi connectivity index (χ0) is 16.2. The zero-order valence-electron chi connectivity index (χ0n) is 13.2. The first kappa shape index (κ1) is 18.2. The van der Waals surface area contributed by atoms with E-state index in [1.54, 1.807) is 0 Å². The molecule has 3 N–H and O–H groups in total. The third kappa shape index (κ3) is 7.22. The van der Waals surface area contributed by atoms with Gasteiger partial charge in [-0.05, 0) is 44.2 Å². The molecule has 1 atom stereocenters. The lowest BCUT2D eigenvalue weighted by molar-refractivity contribution is -0.145. The summed E-state index contributed by atoms with van der Waals surface area (Å²) < 4.78 is 4.73. The van der Waals surface area contributed by atoms with Gasteiger partial charge < -0.3 is 15.8 Å². The molecule has 22 heavy (non-hydrogen) atoms. The molecule has 1 aromatic rings. The summed E-state index contributed by atoms with van der Waals surface area (Å²) in [4.78, 5) is 23.6. The van der Waals surface area contributed by atoms with Crippen LogP contribution in [0.25, 0.3) is 0 Å². The Morgan fingerprint density at radius 2 is 1.91 bits per heavy atom. The lowest BCUT2D eigenvalue weighted by Gasteiger charge is -2.16. The Morgan fingerprint density at radius 3 is 2.55 bits per heavy atom. The van der Waals surface area contributed by atoms with Crippen LogP contribution in [0, 0.1) is 0 Å². The predicted molar refractivity (Wildman–Crippen MR) is 86.2 cm³/mol. The zero-order valence-corrected chi connectivity index (χ0v) is 13.2. The highest BCUT2D eigenvalue weighted by molar-refractivity contribution is 5.84. The highest BCUT2D eigenvalue weighted by atomic mass is 16.5. The second kappa shape index (κ2) is 10.8. The average molecular weight is 306 g/mol. The Labute approximate surface area is 132 Å². The van der Waals surface area contributed by atoms with Gasteiger partial charge >= 0.3 is 5.97 Å². The van der Waals surface area contributed by atoms with E-state index in [-0.39, 0.29) is 5.91 Å². The summed E-state index contributed by atoms with van der Waals surface area (Å²) in [6.07, 6.45) is 4.20. The summed E-state index contributed by atoms with van der Waals surface area (Å²) in [5.41, 5.74) is 6.65. The van der Waals surface area contributed by atoms with Gasteiger partial charge in [0, 0.05) is 6.42 Å². The van der Waals surface area contributed by atoms with Crippen molar-refractivity contribution in [3.8, 4) is 0 Å². The van der Waals surface area contributed by atoms with E-state index in [0.29, 0.717) is 19.4 Å². The van der Waals surface area contributed by atoms with Crippen molar-refractivity contribution in [3.63, 3.8) is 0 Å². The molecule has 0 spiro atoms. The molecule has 0 aliphatic heterocycles. The monoisotopic (exact) mass is 306 g/mol. The molecule has 1 rings (SSSR count). The molecule has 0 radical (unpaired) electrons. The molecule has 0 aliphatic rings. The number of amides is 1. The summed E-state index contributed by atoms with van der Waals surface area (Å²) in [6.45, 7) is 0.582. The van der Waals surface area contributed by atoms with Crippen LogP contribution < -0.4 is 11.1 Å². The van der Waals surface area contributed by atoms with Gasteiger partial charge in [0.25, 0.3) is 0 Å². The number of hydrogen-bond acceptors (Lipinski definition) is 4. The second-order valence-corrected chi connectivity index (χ2v) is 5.27. The minimum absolute atomic E-state index is 0.112. The third-order valence-electron chi connectivity index (χ3n) is 3.48. The lowest BCUT2D eigenvalue weighted by atomic mass is 10.1. The topological polar surface area (TPSA) is 81.4 Å². The van der Waals surface area contributed by atoms with Crippen LogP contribution in [0.1, 0.15) is 37.7 Å². The van der Waals surface area contributed by atoms with Gasteiger partial charge in [0.15, 0.2) is 0 Å². The van der Waals surface area contributed by atoms with Gasteiger partial charge in [0.1, 0.15) is 6.04 Å². The molecule has 122 valence electrons. The van der Waals surface area contributed by atoms with Gasteiger partial charge in [0.2, 0.25) is 5.91 Å². The van der Waals surface area contributed by atoms with E-state index in [1.165, 1.54) is 12.7 Å². The van der Waals surface area contributed by atoms with Gasteiger partial charge in [-0.3, -0.25) is 4.79 Å². The fraction of sp³-hybridized carbons (Fsp3) is 0.529. The summed E-state index contributed by atoms with van der Waals surface area (Å²) in [7, 11) is 1.33. The summed E-state index contributed by atoms with van der Waals surface area (Å²) in [5, 5.41) is 2.76. The first-order valence-corrected chi connectivity index (χ1v) is 7.78. The van der Waals surface area contributed by atoms with Crippen LogP contribution in [-0.4, -0.2) is 31.6 Å². The highest BCUT2D eigenvalue weighted by Gasteiger charge is 2.20. The molecule has 1 aromatic carbocycles. The maximum atomic E-state index is 12.0. The van der Waals surface area contributed by atoms with E-state index in [4.69, 9.17) is 10.5 Å². The lowest BCUT2D eigenvalue weighted by Crippen LogP contribution is -2.41. The van der Waals surface area contributed by atoms with Crippen molar-refractivity contribution in [1.29, 1.82) is 0 Å². The SMILES string of the molecule is COC(=O)[C@H](CCCCN)NC(=O)CCCc1ccccc1. The fourth-order valence-corrected chi connectivity index (χ4v) is 2.25. The van der Waals surface area contributed by atoms with Gasteiger partial charge in [-0.1, -0.05) is 30.3 Å². The molecule has 0 unspecified atom stereocenters. The number of benzene rings is 1. The number of ether oxygens (including phenoxy) is 1. The van der Waals surface area contributed by atoms with Gasteiger partial charge in [-0.25, -0.2) is 4.79 Å². The molecule has 1 amide bonds. The number of carbonyl (C=O) groups is 2. The first-order valence-electron chi connectivity index (χ1n) is 7.78. The van der Waals surface area contributed by atoms with E-state index in [0.717, 1.165) is 25.7 Å². The number of unbranched alkanes of at least 4 members (excludes halogenated alkanes) is 1. The smallest absolute Gasteiger partial charge is 0.328 e. The van der Waals surface area contributed by atoms with Crippen molar-refractivity contribution in [2.75, 3.05) is 13.7 Å². The summed E-state index contributed by atoms with van der Waals surface area (Å²) in [6, 6.07) is 9.46. The number of aryl methyl sites for hydroxylation is 1. The number of rotatable bonds is 10. The average Bonchev–Trinajstić information content (AvgIpc) is 2.54. The molecular formula is C17H26N2O3. The second-order valence-electron chi connectivity index (χ2n) is 5.27. The number of hydrogen-bond donors (Lipinski definition) is 2. The van der Waals surface area contributed by atoms with Gasteiger partial charge in [-0.2, -0.15) is 0 Å². The van der Waals surface area contributed by atoms with E-state index >= 15 is 0 Å². The van der Waals surface area contributed by atoms with Crippen molar-refractivity contribution >= 4 is 11.9 Å². The number of carbonyl (C=O) groups excluding carboxylic acids is 2. The quantitative estimate of drug-likeness (QED) is 0.510. The van der Waals surface area contributed by atoms with E-state index in [9.17, 15) is 9.59 Å². The number of methoxy groups -OCH3 is 1. The molecule has 5 heteroatoms. The minimum atomic E-state index is -0.569. The van der Waals surface area contributed by atoms with E-state index in [2.05, 4.69) is 5.32 Å². The Morgan fingerprint density at radius 1 is 1.18 bits per heavy atom. The van der Waals surface area contributed by atoms with Crippen LogP contribution in [0.4, 0.5) is 0 Å². The third-order valence-corrected chi connectivity index (χ3v) is 3.48. The van der Waals surface area contributed by atoms with Crippen LogP contribution in [-0.2, 0) is 20.7 Å². The Balaban J connectivity index is 2.34. The van der Waals surface area contributed by atoms with Crippen LogP contribution in [0.5, 0.6) is 0 Å². The molecule has 0 aliphatic carbocycles. The molecule has 0 saturated heterocycles. The van der Waals surface area contributed by atoms with E-state index in [1.807, 2.05) is 30.3 Å². The van der Waals surface area contributed by atoms with Crippen LogP contribution >= 0.6 is 0 Å². The molecule has 0 heterocycles. The summed E-state index contributed by atoms with van der Waals surface area (Å²) in [5.74, 6) is -0.507. The van der Waals surface area contributed by atoms with Crippen LogP contribution in [0.15, 0.2) is 30.3 Å². The van der Waals surface area contributed by atoms with Crippen molar-refractivity contribution < 1.29 is 14.3 Å². The highest BCUT2D eigenvalue weighted by Crippen LogP contribution is 2.06. The normalized spacial score (nSPS) is 11.7. The number of nitrogens with one attached hydrogen (secondary N) is 1. The maximum absolute atomic E-state index is 12.0. The number of esters is 1. The maximum Gasteiger partial charge on any atom is 0.328 e. The predicted octanol–water partition coefficient (Wildman–Crippen LogP) is 1.80. The van der Waals surface area contributed by atoms with Crippen LogP contribution in [0.2, 0.25) is 0 Å². The van der Waals surface area contributed by atoms with Gasteiger partial charge in [0.05, 0.1) is 7.11 Å². The summed E-state index contributed by atoms with van der Waals surface area (Å²) >= 11 is 0. The standard InChI is InChI=1S/C17H26N2O3/c1-22-17(21)15(11-5-6-13-18)19-16(20)12-7-10-14-8-3-2-4-9-14/h2-4,8-9,15H,5-7,10-13,18H2,1H3,(H,19,20)/t15-/m0/s1. The van der Waals surface area contributed by atoms with Crippen molar-refractivity contribution in [3.05, 3.63) is 35.9 Å². The van der Waals surface area contributed by atoms with Crippen molar-refractivity contribution in [1.82, 2.24) is 5.32 Å².